The molecule has 0 unspecified atom stereocenters. The Hall–Kier alpha value is -2.35. The van der Waals surface area contributed by atoms with Crippen LogP contribution in [0, 0.1) is 0 Å². The number of nitrogens with zero attached hydrogens (tertiary/aromatic N) is 2. The number of hydrogen-bond acceptors (Lipinski definition) is 1. The minimum Gasteiger partial charge on any atom is -0.313 e. The minimum atomic E-state index is 1.19. The molecule has 1 heterocycles. The van der Waals surface area contributed by atoms with Crippen LogP contribution in [0.3, 0.4) is 0 Å². The molecule has 0 aliphatic carbocycles. The van der Waals surface area contributed by atoms with Crippen LogP contribution in [0.25, 0.3) is 23.0 Å². The summed E-state index contributed by atoms with van der Waals surface area (Å²) in [4.78, 5) is 4.00. The zero-order valence-electron chi connectivity index (χ0n) is 9.32. The average molecular weight is 220 g/mol. The molecule has 17 heavy (non-hydrogen) atoms. The van der Waals surface area contributed by atoms with E-state index >= 15 is 0 Å². The van der Waals surface area contributed by atoms with Gasteiger partial charge in [-0.1, -0.05) is 36.4 Å². The second kappa shape index (κ2) is 4.26. The van der Waals surface area contributed by atoms with Crippen molar-refractivity contribution in [3.05, 3.63) is 66.7 Å². The minimum absolute atomic E-state index is 1.19. The molecule has 0 aliphatic rings. The summed E-state index contributed by atoms with van der Waals surface area (Å²) >= 11 is 0. The highest BCUT2D eigenvalue weighted by molar-refractivity contribution is 5.85. The highest BCUT2D eigenvalue weighted by atomic mass is 15.0. The molecule has 0 saturated carbocycles. The molecular formula is C15H12N2. The highest BCUT2D eigenvalue weighted by Gasteiger charge is 1.92. The lowest BCUT2D eigenvalue weighted by molar-refractivity contribution is 1.14. The van der Waals surface area contributed by atoms with E-state index < -0.39 is 0 Å². The summed E-state index contributed by atoms with van der Waals surface area (Å²) in [5.41, 5.74) is 1.19. The lowest BCUT2D eigenvalue weighted by Gasteiger charge is -1.99. The van der Waals surface area contributed by atoms with Crippen LogP contribution in [-0.4, -0.2) is 9.55 Å². The summed E-state index contributed by atoms with van der Waals surface area (Å²) in [6.07, 6.45) is 9.53. The van der Waals surface area contributed by atoms with E-state index in [9.17, 15) is 0 Å². The number of aromatic nitrogens is 2. The first-order valence-electron chi connectivity index (χ1n) is 5.56. The van der Waals surface area contributed by atoms with Crippen LogP contribution in [0.15, 0.2) is 61.2 Å². The predicted molar refractivity (Wildman–Crippen MR) is 71.4 cm³/mol. The van der Waals surface area contributed by atoms with Crippen molar-refractivity contribution >= 4 is 23.0 Å². The molecule has 2 heteroatoms. The molecule has 0 amide bonds. The Morgan fingerprint density at radius 1 is 1.00 bits per heavy atom. The van der Waals surface area contributed by atoms with Gasteiger partial charge in [-0.05, 0) is 28.5 Å². The molecule has 0 atom stereocenters. The van der Waals surface area contributed by atoms with Crippen LogP contribution in [0.1, 0.15) is 5.56 Å². The van der Waals surface area contributed by atoms with Crippen molar-refractivity contribution in [3.63, 3.8) is 0 Å². The van der Waals surface area contributed by atoms with Gasteiger partial charge in [0.05, 0.1) is 6.33 Å². The van der Waals surface area contributed by atoms with Gasteiger partial charge in [0, 0.05) is 18.6 Å². The van der Waals surface area contributed by atoms with Gasteiger partial charge < -0.3 is 4.57 Å². The van der Waals surface area contributed by atoms with Gasteiger partial charge in [-0.3, -0.25) is 0 Å². The third-order valence-corrected chi connectivity index (χ3v) is 2.74. The maximum atomic E-state index is 4.00. The normalized spacial score (nSPS) is 11.3. The van der Waals surface area contributed by atoms with E-state index in [4.69, 9.17) is 0 Å². The number of hydrogen-bond donors (Lipinski definition) is 0. The summed E-state index contributed by atoms with van der Waals surface area (Å²) in [5, 5.41) is 2.53. The maximum absolute atomic E-state index is 4.00. The van der Waals surface area contributed by atoms with Crippen LogP contribution in [0.5, 0.6) is 0 Å². The van der Waals surface area contributed by atoms with Crippen LogP contribution < -0.4 is 0 Å². The Morgan fingerprint density at radius 3 is 2.71 bits per heavy atom. The summed E-state index contributed by atoms with van der Waals surface area (Å²) in [6.45, 7) is 0. The third kappa shape index (κ3) is 2.11. The fourth-order valence-corrected chi connectivity index (χ4v) is 1.84. The first-order chi connectivity index (χ1) is 8.42. The van der Waals surface area contributed by atoms with Gasteiger partial charge in [0.2, 0.25) is 0 Å². The summed E-state index contributed by atoms with van der Waals surface area (Å²) in [6, 6.07) is 14.8. The zero-order chi connectivity index (χ0) is 11.5. The van der Waals surface area contributed by atoms with Crippen LogP contribution in [0.2, 0.25) is 0 Å². The molecule has 0 bridgehead atoms. The van der Waals surface area contributed by atoms with E-state index in [0.29, 0.717) is 0 Å². The number of imidazole rings is 1. The summed E-state index contributed by atoms with van der Waals surface area (Å²) in [7, 11) is 0. The molecule has 3 rings (SSSR count). The predicted octanol–water partition coefficient (Wildman–Crippen LogP) is 3.66. The molecule has 2 nitrogen and oxygen atoms in total. The van der Waals surface area contributed by atoms with Crippen LogP contribution in [0.4, 0.5) is 0 Å². The largest absolute Gasteiger partial charge is 0.313 e. The van der Waals surface area contributed by atoms with Crippen molar-refractivity contribution in [2.45, 2.75) is 0 Å². The van der Waals surface area contributed by atoms with Crippen molar-refractivity contribution in [1.29, 1.82) is 0 Å². The van der Waals surface area contributed by atoms with Gasteiger partial charge in [0.15, 0.2) is 0 Å². The molecule has 1 aromatic heterocycles. The number of fused-ring (bicyclic) bond motifs is 1. The topological polar surface area (TPSA) is 17.8 Å². The molecule has 0 aliphatic heterocycles. The number of benzene rings is 2. The van der Waals surface area contributed by atoms with Gasteiger partial charge in [0.1, 0.15) is 0 Å². The standard InChI is InChI=1S/C15H12N2/c1-2-4-15-11-13(5-6-14(15)3-1)7-9-17-10-8-16-12-17/h1-12H/b9-7+. The Morgan fingerprint density at radius 2 is 1.88 bits per heavy atom. The fourth-order valence-electron chi connectivity index (χ4n) is 1.84. The lowest BCUT2D eigenvalue weighted by Crippen LogP contribution is -1.79. The maximum Gasteiger partial charge on any atom is 0.0986 e. The van der Waals surface area contributed by atoms with Gasteiger partial charge >= 0.3 is 0 Å². The van der Waals surface area contributed by atoms with E-state index in [1.54, 1.807) is 12.5 Å². The van der Waals surface area contributed by atoms with Crippen LogP contribution in [-0.2, 0) is 0 Å². The number of rotatable bonds is 2. The second-order valence-electron chi connectivity index (χ2n) is 3.93. The Labute approximate surface area is 99.8 Å². The van der Waals surface area contributed by atoms with E-state index in [1.165, 1.54) is 16.3 Å². The highest BCUT2D eigenvalue weighted by Crippen LogP contribution is 2.16. The van der Waals surface area contributed by atoms with Crippen molar-refractivity contribution < 1.29 is 0 Å². The molecule has 2 aromatic carbocycles. The first-order valence-corrected chi connectivity index (χ1v) is 5.56. The molecule has 0 radical (unpaired) electrons. The first kappa shape index (κ1) is 9.85. The van der Waals surface area contributed by atoms with Gasteiger partial charge in [-0.25, -0.2) is 4.98 Å². The van der Waals surface area contributed by atoms with Gasteiger partial charge in [-0.15, -0.1) is 0 Å². The smallest absolute Gasteiger partial charge is 0.0986 e. The molecule has 0 spiro atoms. The van der Waals surface area contributed by atoms with E-state index in [-0.39, 0.29) is 0 Å². The van der Waals surface area contributed by atoms with E-state index in [2.05, 4.69) is 53.5 Å². The Balaban J connectivity index is 1.96. The molecule has 0 fully saturated rings. The summed E-state index contributed by atoms with van der Waals surface area (Å²) < 4.78 is 1.93. The SMILES string of the molecule is C(=C\n1ccnc1)/c1ccc2ccccc2c1. The van der Waals surface area contributed by atoms with Crippen molar-refractivity contribution in [2.24, 2.45) is 0 Å². The van der Waals surface area contributed by atoms with Crippen molar-refractivity contribution in [3.8, 4) is 0 Å². The quantitative estimate of drug-likeness (QED) is 0.644. The van der Waals surface area contributed by atoms with Crippen molar-refractivity contribution in [2.75, 3.05) is 0 Å². The van der Waals surface area contributed by atoms with Crippen LogP contribution >= 0.6 is 0 Å². The summed E-state index contributed by atoms with van der Waals surface area (Å²) in [5.74, 6) is 0. The van der Waals surface area contributed by atoms with Crippen molar-refractivity contribution in [1.82, 2.24) is 9.55 Å². The monoisotopic (exact) mass is 220 g/mol. The van der Waals surface area contributed by atoms with E-state index in [1.807, 2.05) is 17.0 Å². The second-order valence-corrected chi connectivity index (χ2v) is 3.93. The Kier molecular flexibility index (Phi) is 2.47. The van der Waals surface area contributed by atoms with Gasteiger partial charge in [0.25, 0.3) is 0 Å². The lowest BCUT2D eigenvalue weighted by atomic mass is 10.1. The molecule has 82 valence electrons. The van der Waals surface area contributed by atoms with E-state index in [0.717, 1.165) is 0 Å². The molecular weight excluding hydrogens is 208 g/mol. The Bertz CT molecular complexity index is 652. The molecule has 3 aromatic rings. The zero-order valence-corrected chi connectivity index (χ0v) is 9.32. The average Bonchev–Trinajstić information content (AvgIpc) is 2.89. The molecule has 0 N–H and O–H groups in total. The fraction of sp³-hybridized carbons (Fsp3) is 0. The van der Waals surface area contributed by atoms with Gasteiger partial charge in [-0.2, -0.15) is 0 Å². The third-order valence-electron chi connectivity index (χ3n) is 2.74. The molecule has 0 saturated heterocycles.